The van der Waals surface area contributed by atoms with Crippen molar-refractivity contribution in [3.8, 4) is 11.7 Å². The summed E-state index contributed by atoms with van der Waals surface area (Å²) in [5, 5.41) is 7.70. The number of aromatic nitrogens is 4. The molecule has 8 nitrogen and oxygen atoms in total. The molecule has 0 saturated carbocycles. The largest absolute Gasteiger partial charge is 0.482 e. The minimum absolute atomic E-state index is 0.199. The summed E-state index contributed by atoms with van der Waals surface area (Å²) in [6.07, 6.45) is 0. The zero-order chi connectivity index (χ0) is 19.6. The molecule has 1 amide bonds. The number of hydrogen-bond acceptors (Lipinski definition) is 5. The molecule has 0 aliphatic carbocycles. The number of H-pyrrole nitrogens is 1. The lowest BCUT2D eigenvalue weighted by Crippen LogP contribution is -2.23. The predicted octanol–water partition coefficient (Wildman–Crippen LogP) is 2.90. The second-order valence-corrected chi connectivity index (χ2v) is 6.55. The average molecular weight is 408 g/mol. The van der Waals surface area contributed by atoms with Crippen LogP contribution in [-0.2, 0) is 4.79 Å². The van der Waals surface area contributed by atoms with Gasteiger partial charge in [-0.1, -0.05) is 23.2 Å². The molecule has 0 atom stereocenters. The SMILES string of the molecule is Cc1cc(=O)[nH]c(-n2nc(C)cc2NC(=O)COc2ccc(Cl)cc2Cl)n1. The van der Waals surface area contributed by atoms with Gasteiger partial charge in [-0.15, -0.1) is 0 Å². The summed E-state index contributed by atoms with van der Waals surface area (Å²) in [6, 6.07) is 7.72. The first-order valence-corrected chi connectivity index (χ1v) is 8.60. The van der Waals surface area contributed by atoms with Crippen molar-refractivity contribution in [1.82, 2.24) is 19.7 Å². The van der Waals surface area contributed by atoms with E-state index in [0.717, 1.165) is 0 Å². The van der Waals surface area contributed by atoms with Gasteiger partial charge < -0.3 is 10.1 Å². The molecule has 10 heteroatoms. The van der Waals surface area contributed by atoms with Crippen molar-refractivity contribution in [3.05, 3.63) is 62.1 Å². The molecule has 27 heavy (non-hydrogen) atoms. The Morgan fingerprint density at radius 2 is 2.00 bits per heavy atom. The first-order valence-electron chi connectivity index (χ1n) is 7.84. The van der Waals surface area contributed by atoms with Crippen molar-refractivity contribution in [2.45, 2.75) is 13.8 Å². The van der Waals surface area contributed by atoms with E-state index in [1.165, 1.54) is 16.8 Å². The third-order valence-corrected chi connectivity index (χ3v) is 3.94. The summed E-state index contributed by atoms with van der Waals surface area (Å²) in [5.74, 6) is 0.449. The molecule has 0 unspecified atom stereocenters. The maximum absolute atomic E-state index is 12.3. The number of ether oxygens (including phenoxy) is 1. The van der Waals surface area contributed by atoms with Gasteiger partial charge in [0.25, 0.3) is 11.5 Å². The maximum atomic E-state index is 12.3. The van der Waals surface area contributed by atoms with E-state index >= 15 is 0 Å². The van der Waals surface area contributed by atoms with Gasteiger partial charge in [0.1, 0.15) is 11.6 Å². The molecule has 0 saturated heterocycles. The molecular formula is C17H15Cl2N5O3. The predicted molar refractivity (Wildman–Crippen MR) is 102 cm³/mol. The number of amides is 1. The van der Waals surface area contributed by atoms with Gasteiger partial charge in [0, 0.05) is 22.8 Å². The third kappa shape index (κ3) is 4.66. The third-order valence-electron chi connectivity index (χ3n) is 3.41. The minimum Gasteiger partial charge on any atom is -0.482 e. The van der Waals surface area contributed by atoms with Crippen molar-refractivity contribution < 1.29 is 9.53 Å². The summed E-state index contributed by atoms with van der Waals surface area (Å²) < 4.78 is 6.75. The number of nitrogens with zero attached hydrogens (tertiary/aromatic N) is 3. The molecule has 3 rings (SSSR count). The maximum Gasteiger partial charge on any atom is 0.263 e. The fourth-order valence-electron chi connectivity index (χ4n) is 2.33. The van der Waals surface area contributed by atoms with Crippen LogP contribution in [0.4, 0.5) is 5.82 Å². The number of anilines is 1. The van der Waals surface area contributed by atoms with Gasteiger partial charge in [-0.2, -0.15) is 9.78 Å². The fraction of sp³-hybridized carbons (Fsp3) is 0.176. The van der Waals surface area contributed by atoms with Crippen LogP contribution in [0.1, 0.15) is 11.4 Å². The van der Waals surface area contributed by atoms with Gasteiger partial charge in [0.15, 0.2) is 6.61 Å². The van der Waals surface area contributed by atoms with Crippen LogP contribution >= 0.6 is 23.2 Å². The Labute approximate surface area is 164 Å². The summed E-state index contributed by atoms with van der Waals surface area (Å²) in [6.45, 7) is 3.17. The highest BCUT2D eigenvalue weighted by Gasteiger charge is 2.14. The molecular weight excluding hydrogens is 393 g/mol. The second kappa shape index (κ2) is 7.81. The molecule has 0 aliphatic heterocycles. The fourth-order valence-corrected chi connectivity index (χ4v) is 2.79. The van der Waals surface area contributed by atoms with Gasteiger partial charge in [0.2, 0.25) is 5.95 Å². The monoisotopic (exact) mass is 407 g/mol. The quantitative estimate of drug-likeness (QED) is 0.676. The molecule has 2 heterocycles. The van der Waals surface area contributed by atoms with Crippen LogP contribution in [0.15, 0.2) is 35.1 Å². The van der Waals surface area contributed by atoms with Gasteiger partial charge in [-0.25, -0.2) is 4.98 Å². The number of aryl methyl sites for hydroxylation is 2. The molecule has 2 aromatic heterocycles. The average Bonchev–Trinajstić information content (AvgIpc) is 2.93. The van der Waals surface area contributed by atoms with Gasteiger partial charge in [0.05, 0.1) is 10.7 Å². The number of halogens is 2. The van der Waals surface area contributed by atoms with E-state index in [-0.39, 0.29) is 18.1 Å². The van der Waals surface area contributed by atoms with E-state index in [9.17, 15) is 9.59 Å². The van der Waals surface area contributed by atoms with Gasteiger partial charge in [-0.3, -0.25) is 14.6 Å². The number of aromatic amines is 1. The first kappa shape index (κ1) is 18.9. The van der Waals surface area contributed by atoms with Crippen LogP contribution in [0.25, 0.3) is 5.95 Å². The van der Waals surface area contributed by atoms with E-state index in [4.69, 9.17) is 27.9 Å². The Balaban J connectivity index is 1.75. The van der Waals surface area contributed by atoms with E-state index in [2.05, 4.69) is 20.4 Å². The number of rotatable bonds is 5. The molecule has 0 aliphatic rings. The van der Waals surface area contributed by atoms with Crippen molar-refractivity contribution in [2.75, 3.05) is 11.9 Å². The minimum atomic E-state index is -0.433. The number of benzene rings is 1. The zero-order valence-electron chi connectivity index (χ0n) is 14.4. The summed E-state index contributed by atoms with van der Waals surface area (Å²) >= 11 is 11.8. The molecule has 1 aromatic carbocycles. The molecule has 0 fully saturated rings. The van der Waals surface area contributed by atoms with Crippen LogP contribution in [0.5, 0.6) is 5.75 Å². The Morgan fingerprint density at radius 3 is 2.70 bits per heavy atom. The van der Waals surface area contributed by atoms with E-state index in [1.54, 1.807) is 32.0 Å². The topological polar surface area (TPSA) is 102 Å². The zero-order valence-corrected chi connectivity index (χ0v) is 15.9. The first-order chi connectivity index (χ1) is 12.8. The van der Waals surface area contributed by atoms with E-state index in [0.29, 0.717) is 33.0 Å². The number of hydrogen-bond donors (Lipinski definition) is 2. The Bertz CT molecular complexity index is 1060. The second-order valence-electron chi connectivity index (χ2n) is 5.70. The van der Waals surface area contributed by atoms with Gasteiger partial charge >= 0.3 is 0 Å². The number of carbonyl (C=O) groups excluding carboxylic acids is 1. The summed E-state index contributed by atoms with van der Waals surface area (Å²) in [7, 11) is 0. The normalized spacial score (nSPS) is 10.7. The van der Waals surface area contributed by atoms with Crippen molar-refractivity contribution in [1.29, 1.82) is 0 Å². The molecule has 3 aromatic rings. The van der Waals surface area contributed by atoms with Crippen LogP contribution in [0.3, 0.4) is 0 Å². The van der Waals surface area contributed by atoms with E-state index < -0.39 is 5.91 Å². The Kier molecular flexibility index (Phi) is 5.48. The summed E-state index contributed by atoms with van der Waals surface area (Å²) in [4.78, 5) is 30.7. The number of nitrogens with one attached hydrogen (secondary N) is 2. The lowest BCUT2D eigenvalue weighted by Gasteiger charge is -2.10. The Morgan fingerprint density at radius 1 is 1.22 bits per heavy atom. The Hall–Kier alpha value is -2.84. The smallest absolute Gasteiger partial charge is 0.263 e. The summed E-state index contributed by atoms with van der Waals surface area (Å²) in [5.41, 5.74) is 0.847. The van der Waals surface area contributed by atoms with Crippen molar-refractivity contribution >= 4 is 34.9 Å². The lowest BCUT2D eigenvalue weighted by atomic mass is 10.3. The van der Waals surface area contributed by atoms with E-state index in [1.807, 2.05) is 0 Å². The lowest BCUT2D eigenvalue weighted by molar-refractivity contribution is -0.118. The van der Waals surface area contributed by atoms with Gasteiger partial charge in [-0.05, 0) is 32.0 Å². The van der Waals surface area contributed by atoms with Crippen LogP contribution in [0, 0.1) is 13.8 Å². The molecule has 0 radical (unpaired) electrons. The number of carbonyl (C=O) groups is 1. The van der Waals surface area contributed by atoms with Crippen LogP contribution in [0.2, 0.25) is 10.0 Å². The molecule has 140 valence electrons. The highest BCUT2D eigenvalue weighted by molar-refractivity contribution is 6.35. The van der Waals surface area contributed by atoms with Crippen molar-refractivity contribution in [3.63, 3.8) is 0 Å². The van der Waals surface area contributed by atoms with Crippen LogP contribution in [-0.4, -0.2) is 32.3 Å². The van der Waals surface area contributed by atoms with Crippen molar-refractivity contribution in [2.24, 2.45) is 0 Å². The molecule has 2 N–H and O–H groups in total. The highest BCUT2D eigenvalue weighted by Crippen LogP contribution is 2.27. The molecule has 0 spiro atoms. The van der Waals surface area contributed by atoms with Crippen LogP contribution < -0.4 is 15.6 Å². The standard InChI is InChI=1S/C17H15Cl2N5O3/c1-9-6-15(25)22-17(20-9)24-14(5-10(2)23-24)21-16(26)8-27-13-4-3-11(18)7-12(13)19/h3-7H,8H2,1-2H3,(H,21,26)(H,20,22,25). The highest BCUT2D eigenvalue weighted by atomic mass is 35.5. The molecule has 0 bridgehead atoms.